The van der Waals surface area contributed by atoms with Crippen LogP contribution in [0, 0.1) is 11.8 Å². The predicted octanol–water partition coefficient (Wildman–Crippen LogP) is 2.62. The molecule has 0 aliphatic carbocycles. The van der Waals surface area contributed by atoms with Gasteiger partial charge in [0.25, 0.3) is 0 Å². The Kier molecular flexibility index (Phi) is 7.81. The summed E-state index contributed by atoms with van der Waals surface area (Å²) in [5.74, 6) is 1.29. The first-order valence-corrected chi connectivity index (χ1v) is 5.40. The Morgan fingerprint density at radius 1 is 1.21 bits per heavy atom. The molecule has 14 heavy (non-hydrogen) atoms. The molecule has 0 saturated heterocycles. The van der Waals surface area contributed by atoms with Gasteiger partial charge in [0.2, 0.25) is 0 Å². The maximum absolute atomic E-state index is 8.61. The van der Waals surface area contributed by atoms with Gasteiger partial charge in [0.15, 0.2) is 0 Å². The van der Waals surface area contributed by atoms with Gasteiger partial charge in [-0.1, -0.05) is 32.9 Å². The molecule has 0 aliphatic rings. The van der Waals surface area contributed by atoms with E-state index in [1.54, 1.807) is 13.2 Å². The van der Waals surface area contributed by atoms with E-state index in [1.807, 2.05) is 6.08 Å². The maximum Gasteiger partial charge on any atom is 0.0631 e. The molecule has 0 radical (unpaired) electrons. The molecule has 1 N–H and O–H groups in total. The predicted molar refractivity (Wildman–Crippen MR) is 60.3 cm³/mol. The van der Waals surface area contributed by atoms with Crippen molar-refractivity contribution in [3.63, 3.8) is 0 Å². The summed E-state index contributed by atoms with van der Waals surface area (Å²) in [6, 6.07) is 0. The Morgan fingerprint density at radius 2 is 1.86 bits per heavy atom. The van der Waals surface area contributed by atoms with Gasteiger partial charge < -0.3 is 9.84 Å². The average molecular weight is 200 g/mol. The van der Waals surface area contributed by atoms with Crippen molar-refractivity contribution in [3.05, 3.63) is 12.2 Å². The van der Waals surface area contributed by atoms with E-state index in [-0.39, 0.29) is 12.7 Å². The van der Waals surface area contributed by atoms with Crippen LogP contribution in [0.4, 0.5) is 0 Å². The van der Waals surface area contributed by atoms with Crippen molar-refractivity contribution in [1.82, 2.24) is 0 Å². The molecule has 0 rings (SSSR count). The van der Waals surface area contributed by atoms with Gasteiger partial charge in [0.1, 0.15) is 0 Å². The largest absolute Gasteiger partial charge is 0.392 e. The molecule has 0 heterocycles. The summed E-state index contributed by atoms with van der Waals surface area (Å²) in [5.41, 5.74) is 0. The molecule has 84 valence electrons. The van der Waals surface area contributed by atoms with Gasteiger partial charge in [-0.2, -0.15) is 0 Å². The SMILES string of the molecule is COC(C/C=C/CO)C(C)CC(C)C. The van der Waals surface area contributed by atoms with Gasteiger partial charge in [-0.25, -0.2) is 0 Å². The molecular formula is C12H24O2. The lowest BCUT2D eigenvalue weighted by Gasteiger charge is -2.22. The second-order valence-corrected chi connectivity index (χ2v) is 4.27. The van der Waals surface area contributed by atoms with E-state index < -0.39 is 0 Å². The monoisotopic (exact) mass is 200 g/mol. The zero-order chi connectivity index (χ0) is 11.0. The highest BCUT2D eigenvalue weighted by Crippen LogP contribution is 2.19. The van der Waals surface area contributed by atoms with Gasteiger partial charge in [0, 0.05) is 7.11 Å². The second kappa shape index (κ2) is 8.01. The van der Waals surface area contributed by atoms with E-state index in [9.17, 15) is 0 Å². The zero-order valence-electron chi connectivity index (χ0n) is 9.86. The van der Waals surface area contributed by atoms with Crippen molar-refractivity contribution in [1.29, 1.82) is 0 Å². The number of aliphatic hydroxyl groups excluding tert-OH is 1. The first-order chi connectivity index (χ1) is 6.61. The van der Waals surface area contributed by atoms with Crippen molar-refractivity contribution in [2.24, 2.45) is 11.8 Å². The molecule has 0 amide bonds. The first kappa shape index (κ1) is 13.7. The van der Waals surface area contributed by atoms with E-state index in [4.69, 9.17) is 9.84 Å². The van der Waals surface area contributed by atoms with E-state index in [1.165, 1.54) is 6.42 Å². The molecule has 0 fully saturated rings. The third-order valence-electron chi connectivity index (χ3n) is 2.42. The second-order valence-electron chi connectivity index (χ2n) is 4.27. The quantitative estimate of drug-likeness (QED) is 0.640. The van der Waals surface area contributed by atoms with Crippen molar-refractivity contribution >= 4 is 0 Å². The number of hydrogen-bond donors (Lipinski definition) is 1. The van der Waals surface area contributed by atoms with Crippen LogP contribution in [0.1, 0.15) is 33.6 Å². The summed E-state index contributed by atoms with van der Waals surface area (Å²) in [6.45, 7) is 6.80. The summed E-state index contributed by atoms with van der Waals surface area (Å²) < 4.78 is 5.43. The molecule has 2 heteroatoms. The van der Waals surface area contributed by atoms with Crippen LogP contribution in [0.15, 0.2) is 12.2 Å². The molecule has 0 saturated carbocycles. The smallest absolute Gasteiger partial charge is 0.0631 e. The third-order valence-corrected chi connectivity index (χ3v) is 2.42. The Bertz CT molecular complexity index is 152. The first-order valence-electron chi connectivity index (χ1n) is 5.40. The minimum atomic E-state index is 0.120. The highest BCUT2D eigenvalue weighted by molar-refractivity contribution is 4.85. The van der Waals surface area contributed by atoms with Gasteiger partial charge >= 0.3 is 0 Å². The summed E-state index contributed by atoms with van der Waals surface area (Å²) in [7, 11) is 1.76. The van der Waals surface area contributed by atoms with Gasteiger partial charge in [-0.05, 0) is 24.7 Å². The van der Waals surface area contributed by atoms with Crippen LogP contribution in [0.3, 0.4) is 0 Å². The molecule has 2 nitrogen and oxygen atoms in total. The Labute approximate surface area is 88.0 Å². The highest BCUT2D eigenvalue weighted by atomic mass is 16.5. The molecular weight excluding hydrogens is 176 g/mol. The van der Waals surface area contributed by atoms with Crippen molar-refractivity contribution < 1.29 is 9.84 Å². The number of hydrogen-bond acceptors (Lipinski definition) is 2. The molecule has 2 atom stereocenters. The maximum atomic E-state index is 8.61. The topological polar surface area (TPSA) is 29.5 Å². The fourth-order valence-corrected chi connectivity index (χ4v) is 1.76. The van der Waals surface area contributed by atoms with Crippen LogP contribution < -0.4 is 0 Å². The van der Waals surface area contributed by atoms with E-state index in [2.05, 4.69) is 20.8 Å². The van der Waals surface area contributed by atoms with Gasteiger partial charge in [0.05, 0.1) is 12.7 Å². The van der Waals surface area contributed by atoms with Crippen LogP contribution >= 0.6 is 0 Å². The average Bonchev–Trinajstić information content (AvgIpc) is 2.11. The normalized spacial score (nSPS) is 16.4. The molecule has 0 aliphatic heterocycles. The molecule has 0 aromatic carbocycles. The zero-order valence-corrected chi connectivity index (χ0v) is 9.86. The van der Waals surface area contributed by atoms with Crippen molar-refractivity contribution in [3.8, 4) is 0 Å². The number of methoxy groups -OCH3 is 1. The van der Waals surface area contributed by atoms with Crippen LogP contribution in [0.25, 0.3) is 0 Å². The molecule has 0 spiro atoms. The fraction of sp³-hybridized carbons (Fsp3) is 0.833. The third kappa shape index (κ3) is 6.17. The Morgan fingerprint density at radius 3 is 2.29 bits per heavy atom. The Hall–Kier alpha value is -0.340. The molecule has 0 aromatic heterocycles. The fourth-order valence-electron chi connectivity index (χ4n) is 1.76. The number of rotatable bonds is 7. The summed E-state index contributed by atoms with van der Waals surface area (Å²) in [6.07, 6.45) is 6.12. The van der Waals surface area contributed by atoms with Crippen LogP contribution in [-0.4, -0.2) is 24.9 Å². The van der Waals surface area contributed by atoms with Crippen molar-refractivity contribution in [2.75, 3.05) is 13.7 Å². The van der Waals surface area contributed by atoms with E-state index >= 15 is 0 Å². The van der Waals surface area contributed by atoms with Crippen LogP contribution in [-0.2, 0) is 4.74 Å². The lowest BCUT2D eigenvalue weighted by atomic mass is 9.92. The van der Waals surface area contributed by atoms with Gasteiger partial charge in [-0.15, -0.1) is 0 Å². The summed E-state index contributed by atoms with van der Waals surface area (Å²) >= 11 is 0. The lowest BCUT2D eigenvalue weighted by molar-refractivity contribution is 0.0530. The van der Waals surface area contributed by atoms with Gasteiger partial charge in [-0.3, -0.25) is 0 Å². The summed E-state index contributed by atoms with van der Waals surface area (Å²) in [4.78, 5) is 0. The van der Waals surface area contributed by atoms with E-state index in [0.717, 1.165) is 6.42 Å². The lowest BCUT2D eigenvalue weighted by Crippen LogP contribution is -2.21. The van der Waals surface area contributed by atoms with Crippen LogP contribution in [0.2, 0.25) is 0 Å². The highest BCUT2D eigenvalue weighted by Gasteiger charge is 2.16. The molecule has 0 bridgehead atoms. The van der Waals surface area contributed by atoms with Crippen molar-refractivity contribution in [2.45, 2.75) is 39.7 Å². The minimum Gasteiger partial charge on any atom is -0.392 e. The Balaban J connectivity index is 3.92. The number of aliphatic hydroxyl groups is 1. The standard InChI is InChI=1S/C12H24O2/c1-10(2)9-11(3)12(14-4)7-5-6-8-13/h5-6,10-13H,7-9H2,1-4H3/b6-5+. The summed E-state index contributed by atoms with van der Waals surface area (Å²) in [5, 5.41) is 8.61. The minimum absolute atomic E-state index is 0.120. The molecule has 2 unspecified atom stereocenters. The van der Waals surface area contributed by atoms with E-state index in [0.29, 0.717) is 11.8 Å². The number of ether oxygens (including phenoxy) is 1. The van der Waals surface area contributed by atoms with Crippen LogP contribution in [0.5, 0.6) is 0 Å². The molecule has 0 aromatic rings.